The molecular weight excluding hydrogens is 388 g/mol. The molecule has 0 radical (unpaired) electrons. The van der Waals surface area contributed by atoms with E-state index in [1.165, 1.54) is 0 Å². The number of benzene rings is 2. The monoisotopic (exact) mass is 410 g/mol. The molecule has 7 heteroatoms. The van der Waals surface area contributed by atoms with Gasteiger partial charge in [0.05, 0.1) is 30.3 Å². The van der Waals surface area contributed by atoms with Gasteiger partial charge in [-0.25, -0.2) is 4.68 Å². The minimum absolute atomic E-state index is 0.174. The van der Waals surface area contributed by atoms with Crippen molar-refractivity contribution in [3.8, 4) is 11.4 Å². The van der Waals surface area contributed by atoms with Gasteiger partial charge in [0.1, 0.15) is 5.75 Å². The Morgan fingerprint density at radius 2 is 1.97 bits per heavy atom. The molecule has 2 N–H and O–H groups in total. The van der Waals surface area contributed by atoms with Crippen LogP contribution in [0.25, 0.3) is 5.69 Å². The molecule has 0 saturated carbocycles. The number of amides is 1. The summed E-state index contributed by atoms with van der Waals surface area (Å²) < 4.78 is 7.11. The quantitative estimate of drug-likeness (QED) is 0.659. The Morgan fingerprint density at radius 1 is 1.21 bits per heavy atom. The van der Waals surface area contributed by atoms with E-state index in [2.05, 4.69) is 15.7 Å². The number of carbonyl (C=O) groups excluding carboxylic acids is 1. The van der Waals surface area contributed by atoms with Crippen molar-refractivity contribution in [2.45, 2.75) is 18.8 Å². The highest BCUT2D eigenvalue weighted by Gasteiger charge is 2.27. The molecule has 0 aliphatic carbocycles. The number of nitrogens with zero attached hydrogens (tertiary/aromatic N) is 2. The first-order chi connectivity index (χ1) is 14.2. The van der Waals surface area contributed by atoms with Crippen LogP contribution in [0.1, 0.15) is 34.8 Å². The third-order valence-corrected chi connectivity index (χ3v) is 5.43. The molecule has 1 aliphatic rings. The summed E-state index contributed by atoms with van der Waals surface area (Å²) in [6.07, 6.45) is 3.57. The van der Waals surface area contributed by atoms with Gasteiger partial charge < -0.3 is 15.4 Å². The molecule has 0 atom stereocenters. The van der Waals surface area contributed by atoms with E-state index in [1.807, 2.05) is 47.1 Å². The fourth-order valence-corrected chi connectivity index (χ4v) is 3.83. The number of anilines is 1. The minimum atomic E-state index is -0.174. The van der Waals surface area contributed by atoms with Crippen LogP contribution in [-0.4, -0.2) is 35.9 Å². The van der Waals surface area contributed by atoms with Crippen molar-refractivity contribution < 1.29 is 9.53 Å². The van der Waals surface area contributed by atoms with E-state index in [0.29, 0.717) is 22.0 Å². The molecule has 3 aromatic rings. The summed E-state index contributed by atoms with van der Waals surface area (Å²) in [5.41, 5.74) is 3.11. The standard InChI is InChI=1S/C22H23ClN4O2/c1-29-19-4-2-3-17(13-19)26-22(28)20-14-25-27(18-7-5-16(23)6-8-18)21(20)15-9-11-24-12-10-15/h2-8,13-15,24H,9-12H2,1H3,(H,26,28). The fourth-order valence-electron chi connectivity index (χ4n) is 3.71. The van der Waals surface area contributed by atoms with Crippen molar-refractivity contribution in [2.75, 3.05) is 25.5 Å². The van der Waals surface area contributed by atoms with Crippen molar-refractivity contribution in [1.29, 1.82) is 0 Å². The summed E-state index contributed by atoms with van der Waals surface area (Å²) in [5.74, 6) is 0.769. The average molecular weight is 411 g/mol. The van der Waals surface area contributed by atoms with Crippen LogP contribution in [-0.2, 0) is 0 Å². The summed E-state index contributed by atoms with van der Waals surface area (Å²) in [7, 11) is 1.60. The van der Waals surface area contributed by atoms with Crippen molar-refractivity contribution in [2.24, 2.45) is 0 Å². The van der Waals surface area contributed by atoms with E-state index in [4.69, 9.17) is 16.3 Å². The Balaban J connectivity index is 1.70. The lowest BCUT2D eigenvalue weighted by Crippen LogP contribution is -2.29. The lowest BCUT2D eigenvalue weighted by Gasteiger charge is -2.24. The summed E-state index contributed by atoms with van der Waals surface area (Å²) in [6.45, 7) is 1.85. The second kappa shape index (κ2) is 8.68. The van der Waals surface area contributed by atoms with Gasteiger partial charge in [0.25, 0.3) is 5.91 Å². The Hall–Kier alpha value is -2.83. The van der Waals surface area contributed by atoms with Crippen LogP contribution in [0.3, 0.4) is 0 Å². The molecule has 2 heterocycles. The maximum atomic E-state index is 13.1. The average Bonchev–Trinajstić information content (AvgIpc) is 3.20. The first-order valence-corrected chi connectivity index (χ1v) is 10.0. The molecular formula is C22H23ClN4O2. The number of hydrogen-bond acceptors (Lipinski definition) is 4. The van der Waals surface area contributed by atoms with Gasteiger partial charge >= 0.3 is 0 Å². The molecule has 1 aliphatic heterocycles. The van der Waals surface area contributed by atoms with Gasteiger partial charge in [0.15, 0.2) is 0 Å². The van der Waals surface area contributed by atoms with E-state index < -0.39 is 0 Å². The number of rotatable bonds is 5. The minimum Gasteiger partial charge on any atom is -0.497 e. The highest BCUT2D eigenvalue weighted by molar-refractivity contribution is 6.30. The zero-order chi connectivity index (χ0) is 20.2. The number of methoxy groups -OCH3 is 1. The third kappa shape index (κ3) is 4.28. The van der Waals surface area contributed by atoms with Crippen LogP contribution in [0, 0.1) is 0 Å². The van der Waals surface area contributed by atoms with E-state index in [0.717, 1.165) is 37.3 Å². The predicted molar refractivity (Wildman–Crippen MR) is 114 cm³/mol. The zero-order valence-corrected chi connectivity index (χ0v) is 16.9. The van der Waals surface area contributed by atoms with Crippen LogP contribution in [0.4, 0.5) is 5.69 Å². The van der Waals surface area contributed by atoms with Crippen molar-refractivity contribution in [3.05, 3.63) is 71.0 Å². The maximum absolute atomic E-state index is 13.1. The Morgan fingerprint density at radius 3 is 2.69 bits per heavy atom. The van der Waals surface area contributed by atoms with Crippen LogP contribution in [0.2, 0.25) is 5.02 Å². The highest BCUT2D eigenvalue weighted by atomic mass is 35.5. The highest BCUT2D eigenvalue weighted by Crippen LogP contribution is 2.31. The van der Waals surface area contributed by atoms with Crippen LogP contribution in [0.5, 0.6) is 5.75 Å². The number of aromatic nitrogens is 2. The molecule has 4 rings (SSSR count). The second-order valence-electron chi connectivity index (χ2n) is 7.04. The normalized spacial score (nSPS) is 14.6. The van der Waals surface area contributed by atoms with Crippen molar-refractivity contribution in [1.82, 2.24) is 15.1 Å². The summed E-state index contributed by atoms with van der Waals surface area (Å²) in [5, 5.41) is 11.6. The Labute approximate surface area is 174 Å². The number of carbonyl (C=O) groups is 1. The van der Waals surface area contributed by atoms with Gasteiger partial charge in [0, 0.05) is 22.7 Å². The Bertz CT molecular complexity index is 994. The number of piperidine rings is 1. The SMILES string of the molecule is COc1cccc(NC(=O)c2cnn(-c3ccc(Cl)cc3)c2C2CCNCC2)c1. The largest absolute Gasteiger partial charge is 0.497 e. The molecule has 1 fully saturated rings. The summed E-state index contributed by atoms with van der Waals surface area (Å²) in [6, 6.07) is 14.8. The lowest BCUT2D eigenvalue weighted by atomic mass is 9.91. The molecule has 29 heavy (non-hydrogen) atoms. The number of hydrogen-bond donors (Lipinski definition) is 2. The van der Waals surface area contributed by atoms with Gasteiger partial charge in [-0.3, -0.25) is 4.79 Å². The zero-order valence-electron chi connectivity index (χ0n) is 16.2. The molecule has 0 unspecified atom stereocenters. The van der Waals surface area contributed by atoms with Crippen LogP contribution < -0.4 is 15.4 Å². The molecule has 150 valence electrons. The van der Waals surface area contributed by atoms with E-state index >= 15 is 0 Å². The molecule has 0 bridgehead atoms. The van der Waals surface area contributed by atoms with Gasteiger partial charge in [-0.15, -0.1) is 0 Å². The van der Waals surface area contributed by atoms with Gasteiger partial charge in [-0.05, 0) is 62.3 Å². The molecule has 2 aromatic carbocycles. The van der Waals surface area contributed by atoms with E-state index in [-0.39, 0.29) is 11.8 Å². The fraction of sp³-hybridized carbons (Fsp3) is 0.273. The first-order valence-electron chi connectivity index (χ1n) is 9.65. The summed E-state index contributed by atoms with van der Waals surface area (Å²) in [4.78, 5) is 13.1. The molecule has 0 spiro atoms. The van der Waals surface area contributed by atoms with Gasteiger partial charge in [0.2, 0.25) is 0 Å². The Kier molecular flexibility index (Phi) is 5.83. The van der Waals surface area contributed by atoms with E-state index in [9.17, 15) is 4.79 Å². The lowest BCUT2D eigenvalue weighted by molar-refractivity contribution is 0.102. The second-order valence-corrected chi connectivity index (χ2v) is 7.48. The predicted octanol–water partition coefficient (Wildman–Crippen LogP) is 4.25. The third-order valence-electron chi connectivity index (χ3n) is 5.18. The maximum Gasteiger partial charge on any atom is 0.259 e. The van der Waals surface area contributed by atoms with Gasteiger partial charge in [-0.1, -0.05) is 17.7 Å². The molecule has 1 saturated heterocycles. The number of ether oxygens (including phenoxy) is 1. The molecule has 6 nitrogen and oxygen atoms in total. The van der Waals surface area contributed by atoms with E-state index in [1.54, 1.807) is 19.4 Å². The van der Waals surface area contributed by atoms with Crippen LogP contribution >= 0.6 is 11.6 Å². The van der Waals surface area contributed by atoms with Crippen molar-refractivity contribution >= 4 is 23.2 Å². The smallest absolute Gasteiger partial charge is 0.259 e. The molecule has 1 amide bonds. The number of nitrogens with one attached hydrogen (secondary N) is 2. The summed E-state index contributed by atoms with van der Waals surface area (Å²) >= 11 is 6.05. The molecule has 1 aromatic heterocycles. The first kappa shape index (κ1) is 19.5. The number of halogens is 1. The van der Waals surface area contributed by atoms with Crippen LogP contribution in [0.15, 0.2) is 54.7 Å². The topological polar surface area (TPSA) is 68.2 Å². The van der Waals surface area contributed by atoms with Crippen molar-refractivity contribution in [3.63, 3.8) is 0 Å². The van der Waals surface area contributed by atoms with Gasteiger partial charge in [-0.2, -0.15) is 5.10 Å².